The Morgan fingerprint density at radius 1 is 1.41 bits per heavy atom. The number of ether oxygens (including phenoxy) is 1. The second-order valence-corrected chi connectivity index (χ2v) is 5.51. The van der Waals surface area contributed by atoms with Crippen molar-refractivity contribution in [3.63, 3.8) is 0 Å². The van der Waals surface area contributed by atoms with Gasteiger partial charge in [-0.15, -0.1) is 0 Å². The Balaban J connectivity index is 1.49. The van der Waals surface area contributed by atoms with Gasteiger partial charge in [0.1, 0.15) is 23.9 Å². The number of rotatable bonds is 6. The summed E-state index contributed by atoms with van der Waals surface area (Å²) >= 11 is 0. The summed E-state index contributed by atoms with van der Waals surface area (Å²) in [5.41, 5.74) is 1.48. The third-order valence-electron chi connectivity index (χ3n) is 3.69. The van der Waals surface area contributed by atoms with Crippen molar-refractivity contribution in [2.45, 2.75) is 18.8 Å². The zero-order valence-electron chi connectivity index (χ0n) is 12.4. The van der Waals surface area contributed by atoms with Crippen LogP contribution in [0.3, 0.4) is 0 Å². The number of benzene rings is 1. The van der Waals surface area contributed by atoms with Crippen LogP contribution in [0.1, 0.15) is 34.9 Å². The number of hydrogen-bond acceptors (Lipinski definition) is 3. The molecule has 116 valence electrons. The maximum absolute atomic E-state index is 12.8. The lowest BCUT2D eigenvalue weighted by Gasteiger charge is -2.16. The molecule has 22 heavy (non-hydrogen) atoms. The number of aromatic amines is 1. The summed E-state index contributed by atoms with van der Waals surface area (Å²) in [4.78, 5) is 13.8. The van der Waals surface area contributed by atoms with Crippen molar-refractivity contribution >= 4 is 5.91 Å². The lowest BCUT2D eigenvalue weighted by molar-refractivity contribution is 0.0768. The van der Waals surface area contributed by atoms with Gasteiger partial charge in [0.25, 0.3) is 5.91 Å². The molecular weight excluding hydrogens is 285 g/mol. The van der Waals surface area contributed by atoms with Gasteiger partial charge in [-0.25, -0.2) is 4.39 Å². The molecule has 6 heteroatoms. The minimum absolute atomic E-state index is 0.133. The molecule has 3 rings (SSSR count). The van der Waals surface area contributed by atoms with Gasteiger partial charge in [-0.2, -0.15) is 5.10 Å². The highest BCUT2D eigenvalue weighted by Crippen LogP contribution is 2.39. The molecule has 0 unspecified atom stereocenters. The summed E-state index contributed by atoms with van der Waals surface area (Å²) < 4.78 is 18.3. The molecule has 1 fully saturated rings. The Morgan fingerprint density at radius 2 is 2.14 bits per heavy atom. The van der Waals surface area contributed by atoms with E-state index in [1.54, 1.807) is 24.1 Å². The smallest absolute Gasteiger partial charge is 0.274 e. The minimum Gasteiger partial charge on any atom is -0.492 e. The molecular formula is C16H18FN3O2. The number of H-pyrrole nitrogens is 1. The third kappa shape index (κ3) is 3.44. The van der Waals surface area contributed by atoms with E-state index in [1.165, 1.54) is 12.1 Å². The Labute approximate surface area is 128 Å². The third-order valence-corrected chi connectivity index (χ3v) is 3.69. The minimum atomic E-state index is -0.301. The molecule has 5 nitrogen and oxygen atoms in total. The molecule has 1 heterocycles. The van der Waals surface area contributed by atoms with E-state index in [0.717, 1.165) is 18.5 Å². The van der Waals surface area contributed by atoms with Gasteiger partial charge in [0, 0.05) is 18.7 Å². The molecule has 1 aromatic carbocycles. The Bertz CT molecular complexity index is 650. The number of aromatic nitrogens is 2. The predicted octanol–water partition coefficient (Wildman–Crippen LogP) is 2.58. The van der Waals surface area contributed by atoms with E-state index in [4.69, 9.17) is 4.74 Å². The van der Waals surface area contributed by atoms with Crippen LogP contribution >= 0.6 is 0 Å². The highest BCUT2D eigenvalue weighted by Gasteiger charge is 2.27. The molecule has 0 spiro atoms. The number of amides is 1. The van der Waals surface area contributed by atoms with Crippen molar-refractivity contribution in [3.8, 4) is 5.75 Å². The second kappa shape index (κ2) is 6.17. The summed E-state index contributed by atoms with van der Waals surface area (Å²) in [6.07, 6.45) is 2.33. The van der Waals surface area contributed by atoms with Crippen molar-refractivity contribution in [2.24, 2.45) is 0 Å². The van der Waals surface area contributed by atoms with Crippen LogP contribution < -0.4 is 4.74 Å². The van der Waals surface area contributed by atoms with E-state index in [-0.39, 0.29) is 11.7 Å². The summed E-state index contributed by atoms with van der Waals surface area (Å²) in [5, 5.41) is 7.00. The van der Waals surface area contributed by atoms with Crippen LogP contribution in [-0.2, 0) is 0 Å². The van der Waals surface area contributed by atoms with Gasteiger partial charge in [0.15, 0.2) is 0 Å². The van der Waals surface area contributed by atoms with Crippen LogP contribution in [0.5, 0.6) is 5.75 Å². The first kappa shape index (κ1) is 14.6. The molecule has 1 aliphatic carbocycles. The van der Waals surface area contributed by atoms with Crippen molar-refractivity contribution in [1.82, 2.24) is 15.1 Å². The number of carbonyl (C=O) groups excluding carboxylic acids is 1. The number of carbonyl (C=O) groups is 1. The standard InChI is InChI=1S/C16H18FN3O2/c1-20(8-9-22-13-6-4-12(17)5-7-13)16(21)15-10-14(18-19-15)11-2-3-11/h4-7,10-11H,2-3,8-9H2,1H3,(H,18,19). The van der Waals surface area contributed by atoms with Crippen molar-refractivity contribution in [3.05, 3.63) is 47.5 Å². The topological polar surface area (TPSA) is 58.2 Å². The fourth-order valence-electron chi connectivity index (χ4n) is 2.18. The van der Waals surface area contributed by atoms with Crippen molar-refractivity contribution in [1.29, 1.82) is 0 Å². The molecule has 0 bridgehead atoms. The van der Waals surface area contributed by atoms with E-state index in [1.807, 2.05) is 6.07 Å². The van der Waals surface area contributed by atoms with Gasteiger partial charge in [0.2, 0.25) is 0 Å². The summed E-state index contributed by atoms with van der Waals surface area (Å²) in [6.45, 7) is 0.773. The maximum atomic E-state index is 12.8. The molecule has 0 atom stereocenters. The number of halogens is 1. The maximum Gasteiger partial charge on any atom is 0.274 e. The van der Waals surface area contributed by atoms with Crippen LogP contribution in [0, 0.1) is 5.82 Å². The summed E-state index contributed by atoms with van der Waals surface area (Å²) in [7, 11) is 1.71. The van der Waals surface area contributed by atoms with Crippen molar-refractivity contribution in [2.75, 3.05) is 20.2 Å². The Hall–Kier alpha value is -2.37. The van der Waals surface area contributed by atoms with Crippen molar-refractivity contribution < 1.29 is 13.9 Å². The highest BCUT2D eigenvalue weighted by molar-refractivity contribution is 5.92. The molecule has 1 amide bonds. The average Bonchev–Trinajstić information content (AvgIpc) is 3.26. The lowest BCUT2D eigenvalue weighted by Crippen LogP contribution is -2.31. The van der Waals surface area contributed by atoms with Gasteiger partial charge in [-0.05, 0) is 43.2 Å². The molecule has 1 saturated carbocycles. The zero-order valence-corrected chi connectivity index (χ0v) is 12.4. The highest BCUT2D eigenvalue weighted by atomic mass is 19.1. The van der Waals surface area contributed by atoms with E-state index in [0.29, 0.717) is 30.5 Å². The quantitative estimate of drug-likeness (QED) is 0.892. The van der Waals surface area contributed by atoms with E-state index < -0.39 is 0 Å². The van der Waals surface area contributed by atoms with Gasteiger partial charge < -0.3 is 9.64 Å². The van der Waals surface area contributed by atoms with Gasteiger partial charge in [-0.1, -0.05) is 0 Å². The summed E-state index contributed by atoms with van der Waals surface area (Å²) in [5.74, 6) is 0.690. The number of likely N-dealkylation sites (N-methyl/N-ethyl adjacent to an activating group) is 1. The first-order valence-corrected chi connectivity index (χ1v) is 7.32. The second-order valence-electron chi connectivity index (χ2n) is 5.51. The lowest BCUT2D eigenvalue weighted by atomic mass is 10.2. The van der Waals surface area contributed by atoms with Crippen LogP contribution in [0.2, 0.25) is 0 Å². The van der Waals surface area contributed by atoms with Gasteiger partial charge >= 0.3 is 0 Å². The zero-order chi connectivity index (χ0) is 15.5. The largest absolute Gasteiger partial charge is 0.492 e. The van der Waals surface area contributed by atoms with Crippen LogP contribution in [0.4, 0.5) is 4.39 Å². The Kier molecular flexibility index (Phi) is 4.09. The van der Waals surface area contributed by atoms with E-state index in [9.17, 15) is 9.18 Å². The number of nitrogens with one attached hydrogen (secondary N) is 1. The van der Waals surface area contributed by atoms with Crippen LogP contribution in [0.15, 0.2) is 30.3 Å². The molecule has 0 aliphatic heterocycles. The molecule has 1 N–H and O–H groups in total. The molecule has 2 aromatic rings. The fraction of sp³-hybridized carbons (Fsp3) is 0.375. The van der Waals surface area contributed by atoms with E-state index >= 15 is 0 Å². The van der Waals surface area contributed by atoms with Crippen LogP contribution in [-0.4, -0.2) is 41.2 Å². The van der Waals surface area contributed by atoms with Gasteiger partial charge in [-0.3, -0.25) is 9.89 Å². The first-order chi connectivity index (χ1) is 10.6. The Morgan fingerprint density at radius 3 is 2.82 bits per heavy atom. The molecule has 1 aliphatic rings. The first-order valence-electron chi connectivity index (χ1n) is 7.32. The summed E-state index contributed by atoms with van der Waals surface area (Å²) in [6, 6.07) is 7.64. The number of hydrogen-bond donors (Lipinski definition) is 1. The molecule has 0 radical (unpaired) electrons. The molecule has 1 aromatic heterocycles. The molecule has 0 saturated heterocycles. The van der Waals surface area contributed by atoms with Crippen LogP contribution in [0.25, 0.3) is 0 Å². The predicted molar refractivity (Wildman–Crippen MR) is 79.4 cm³/mol. The monoisotopic (exact) mass is 303 g/mol. The average molecular weight is 303 g/mol. The normalized spacial score (nSPS) is 13.9. The van der Waals surface area contributed by atoms with Gasteiger partial charge in [0.05, 0.1) is 6.54 Å². The number of nitrogens with zero attached hydrogens (tertiary/aromatic N) is 2. The van der Waals surface area contributed by atoms with E-state index in [2.05, 4.69) is 10.2 Å². The SMILES string of the molecule is CN(CCOc1ccc(F)cc1)C(=O)c1cc(C2CC2)[nH]n1. The fourth-order valence-corrected chi connectivity index (χ4v) is 2.18.